The molecule has 190 valence electrons. The van der Waals surface area contributed by atoms with Gasteiger partial charge in [0.1, 0.15) is 0 Å². The monoisotopic (exact) mass is 483 g/mol. The van der Waals surface area contributed by atoms with E-state index < -0.39 is 0 Å². The Morgan fingerprint density at radius 1 is 1.08 bits per heavy atom. The van der Waals surface area contributed by atoms with E-state index in [4.69, 9.17) is 0 Å². The van der Waals surface area contributed by atoms with Gasteiger partial charge in [0.15, 0.2) is 0 Å². The fraction of sp³-hybridized carbons (Fsp3) is 0.469. The Balaban J connectivity index is 1.44. The molecule has 0 aliphatic carbocycles. The number of rotatable bonds is 4. The Kier molecular flexibility index (Phi) is 7.07. The molecule has 0 saturated carbocycles. The number of likely N-dealkylation sites (N-methyl/N-ethyl adjacent to an activating group) is 1. The summed E-state index contributed by atoms with van der Waals surface area (Å²) in [4.78, 5) is 20.5. The van der Waals surface area contributed by atoms with Gasteiger partial charge in [0.25, 0.3) is 5.91 Å². The van der Waals surface area contributed by atoms with Crippen LogP contribution in [0.4, 0.5) is 5.69 Å². The van der Waals surface area contributed by atoms with Crippen LogP contribution < -0.4 is 4.90 Å². The first kappa shape index (κ1) is 24.8. The molecule has 1 aromatic rings. The van der Waals surface area contributed by atoms with Crippen LogP contribution in [0.15, 0.2) is 65.5 Å². The third-order valence-corrected chi connectivity index (χ3v) is 8.70. The Morgan fingerprint density at radius 2 is 1.86 bits per heavy atom. The highest BCUT2D eigenvalue weighted by atomic mass is 16.2. The predicted molar refractivity (Wildman–Crippen MR) is 151 cm³/mol. The molecule has 5 rings (SSSR count). The van der Waals surface area contributed by atoms with Crippen LogP contribution in [0.2, 0.25) is 0 Å². The zero-order chi connectivity index (χ0) is 25.4. The second-order valence-electron chi connectivity index (χ2n) is 10.9. The number of fused-ring (bicyclic) bond motifs is 2. The van der Waals surface area contributed by atoms with E-state index in [1.807, 2.05) is 11.0 Å². The van der Waals surface area contributed by atoms with Gasteiger partial charge < -0.3 is 9.80 Å². The maximum Gasteiger partial charge on any atom is 0.255 e. The SMILES string of the molecule is CCC1C=Cc2cc(/C3=C/C(=O)N4C=C(C5CCN(CC)CC5)C=C(C)/C4=C\CC3C)ccc2N1C. The maximum atomic E-state index is 13.7. The first-order valence-electron chi connectivity index (χ1n) is 13.8. The third kappa shape index (κ3) is 4.64. The van der Waals surface area contributed by atoms with Gasteiger partial charge in [0.2, 0.25) is 0 Å². The molecule has 4 nitrogen and oxygen atoms in total. The largest absolute Gasteiger partial charge is 0.368 e. The lowest BCUT2D eigenvalue weighted by Gasteiger charge is -2.35. The Morgan fingerprint density at radius 3 is 2.58 bits per heavy atom. The molecule has 0 spiro atoms. The quantitative estimate of drug-likeness (QED) is 0.480. The molecule has 0 bridgehead atoms. The van der Waals surface area contributed by atoms with Crippen LogP contribution in [0.1, 0.15) is 64.5 Å². The Hall–Kier alpha value is -2.85. The van der Waals surface area contributed by atoms with Gasteiger partial charge in [0, 0.05) is 36.7 Å². The topological polar surface area (TPSA) is 26.8 Å². The van der Waals surface area contributed by atoms with Crippen LogP contribution in [0.3, 0.4) is 0 Å². The molecule has 2 atom stereocenters. The van der Waals surface area contributed by atoms with Crippen LogP contribution in [-0.2, 0) is 4.79 Å². The molecule has 1 aromatic carbocycles. The van der Waals surface area contributed by atoms with Gasteiger partial charge in [-0.25, -0.2) is 0 Å². The van der Waals surface area contributed by atoms with E-state index in [1.54, 1.807) is 0 Å². The van der Waals surface area contributed by atoms with E-state index >= 15 is 0 Å². The van der Waals surface area contributed by atoms with Crippen molar-refractivity contribution in [1.29, 1.82) is 0 Å². The number of likely N-dealkylation sites (tertiary alicyclic amines) is 1. The number of carbonyl (C=O) groups is 1. The molecular formula is C32H41N3O. The van der Waals surface area contributed by atoms with Crippen LogP contribution in [0, 0.1) is 11.8 Å². The van der Waals surface area contributed by atoms with Crippen molar-refractivity contribution in [3.8, 4) is 0 Å². The molecule has 1 fully saturated rings. The van der Waals surface area contributed by atoms with E-state index in [0.29, 0.717) is 12.0 Å². The number of carbonyl (C=O) groups excluding carboxylic acids is 1. The standard InChI is InChI=1S/C32H41N3O/c1-6-28-11-9-26-19-25(10-13-31(26)33(28)5)29-20-32(36)35-21-27(24-14-16-34(7-2)17-15-24)18-23(4)30(35)12-8-22(29)3/h9-13,18-22,24,28H,6-8,14-17H2,1-5H3/b29-20+,30-12+. The minimum absolute atomic E-state index is 0.0650. The summed E-state index contributed by atoms with van der Waals surface area (Å²) in [5, 5.41) is 0. The summed E-state index contributed by atoms with van der Waals surface area (Å²) in [7, 11) is 2.17. The van der Waals surface area contributed by atoms with Crippen molar-refractivity contribution in [3.63, 3.8) is 0 Å². The zero-order valence-corrected chi connectivity index (χ0v) is 22.6. The summed E-state index contributed by atoms with van der Waals surface area (Å²) in [6.45, 7) is 12.3. The van der Waals surface area contributed by atoms with Gasteiger partial charge in [-0.2, -0.15) is 0 Å². The van der Waals surface area contributed by atoms with Crippen molar-refractivity contribution in [2.75, 3.05) is 31.6 Å². The third-order valence-electron chi connectivity index (χ3n) is 8.70. The van der Waals surface area contributed by atoms with Gasteiger partial charge in [-0.15, -0.1) is 0 Å². The molecule has 4 heterocycles. The predicted octanol–water partition coefficient (Wildman–Crippen LogP) is 6.64. The summed E-state index contributed by atoms with van der Waals surface area (Å²) in [5.74, 6) is 0.864. The number of anilines is 1. The lowest BCUT2D eigenvalue weighted by Crippen LogP contribution is -2.35. The fourth-order valence-corrected chi connectivity index (χ4v) is 6.27. The molecular weight excluding hydrogens is 442 g/mol. The first-order chi connectivity index (χ1) is 17.4. The van der Waals surface area contributed by atoms with Crippen molar-refractivity contribution in [2.24, 2.45) is 11.8 Å². The van der Waals surface area contributed by atoms with E-state index in [1.165, 1.54) is 35.2 Å². The Bertz CT molecular complexity index is 1180. The van der Waals surface area contributed by atoms with E-state index in [2.05, 4.69) is 93.2 Å². The number of benzene rings is 1. The number of piperidine rings is 1. The van der Waals surface area contributed by atoms with Crippen molar-refractivity contribution in [3.05, 3.63) is 76.7 Å². The van der Waals surface area contributed by atoms with Crippen LogP contribution in [0.25, 0.3) is 11.6 Å². The van der Waals surface area contributed by atoms with Crippen LogP contribution >= 0.6 is 0 Å². The summed E-state index contributed by atoms with van der Waals surface area (Å²) >= 11 is 0. The average molecular weight is 484 g/mol. The maximum absolute atomic E-state index is 13.7. The number of amides is 1. The zero-order valence-electron chi connectivity index (χ0n) is 22.6. The summed E-state index contributed by atoms with van der Waals surface area (Å²) in [5.41, 5.74) is 8.35. The summed E-state index contributed by atoms with van der Waals surface area (Å²) in [6.07, 6.45) is 17.5. The molecule has 4 aliphatic rings. The summed E-state index contributed by atoms with van der Waals surface area (Å²) in [6, 6.07) is 7.13. The lowest BCUT2D eigenvalue weighted by molar-refractivity contribution is -0.122. The van der Waals surface area contributed by atoms with Crippen molar-refractivity contribution in [1.82, 2.24) is 9.80 Å². The number of hydrogen-bond acceptors (Lipinski definition) is 3. The first-order valence-corrected chi connectivity index (χ1v) is 13.8. The molecule has 4 heteroatoms. The number of allylic oxidation sites excluding steroid dienone is 5. The molecule has 0 aromatic heterocycles. The van der Waals surface area contributed by atoms with Gasteiger partial charge >= 0.3 is 0 Å². The van der Waals surface area contributed by atoms with Crippen LogP contribution in [0.5, 0.6) is 0 Å². The molecule has 0 N–H and O–H groups in total. The highest BCUT2D eigenvalue weighted by Crippen LogP contribution is 2.38. The van der Waals surface area contributed by atoms with Crippen LogP contribution in [-0.4, -0.2) is 48.4 Å². The highest BCUT2D eigenvalue weighted by Gasteiger charge is 2.29. The Labute approximate surface area is 217 Å². The molecule has 4 aliphatic heterocycles. The number of hydrogen-bond donors (Lipinski definition) is 0. The summed E-state index contributed by atoms with van der Waals surface area (Å²) < 4.78 is 0. The molecule has 0 radical (unpaired) electrons. The second-order valence-corrected chi connectivity index (χ2v) is 10.9. The fourth-order valence-electron chi connectivity index (χ4n) is 6.27. The molecule has 2 unspecified atom stereocenters. The van der Waals surface area contributed by atoms with Gasteiger partial charge in [-0.3, -0.25) is 9.69 Å². The van der Waals surface area contributed by atoms with Crippen molar-refractivity contribution < 1.29 is 4.79 Å². The lowest BCUT2D eigenvalue weighted by atomic mass is 9.84. The van der Waals surface area contributed by atoms with Crippen molar-refractivity contribution in [2.45, 2.75) is 59.4 Å². The normalized spacial score (nSPS) is 28.2. The minimum atomic E-state index is 0.0650. The number of nitrogens with zero attached hydrogens (tertiary/aromatic N) is 3. The van der Waals surface area contributed by atoms with E-state index in [9.17, 15) is 4.79 Å². The molecule has 1 amide bonds. The van der Waals surface area contributed by atoms with E-state index in [-0.39, 0.29) is 11.8 Å². The van der Waals surface area contributed by atoms with Gasteiger partial charge in [-0.1, -0.05) is 51.1 Å². The minimum Gasteiger partial charge on any atom is -0.368 e. The molecule has 1 saturated heterocycles. The van der Waals surface area contributed by atoms with Gasteiger partial charge in [0.05, 0.1) is 0 Å². The average Bonchev–Trinajstić information content (AvgIpc) is 2.89. The van der Waals surface area contributed by atoms with E-state index in [0.717, 1.165) is 49.3 Å². The van der Waals surface area contributed by atoms with Crippen molar-refractivity contribution >= 4 is 23.2 Å². The second kappa shape index (κ2) is 10.3. The molecule has 36 heavy (non-hydrogen) atoms. The smallest absolute Gasteiger partial charge is 0.255 e. The highest BCUT2D eigenvalue weighted by molar-refractivity contribution is 5.98. The van der Waals surface area contributed by atoms with Gasteiger partial charge in [-0.05, 0) is 104 Å².